The first-order chi connectivity index (χ1) is 6.22. The Labute approximate surface area is 79.9 Å². The third-order valence-corrected chi connectivity index (χ3v) is 2.09. The molecule has 0 unspecified atom stereocenters. The van der Waals surface area contributed by atoms with Gasteiger partial charge in [0, 0.05) is 6.54 Å². The van der Waals surface area contributed by atoms with Crippen molar-refractivity contribution in [2.75, 3.05) is 7.11 Å². The van der Waals surface area contributed by atoms with Crippen LogP contribution in [0, 0.1) is 0 Å². The number of hydrogen-bond donors (Lipinski definition) is 1. The largest absolute Gasteiger partial charge is 0.480 e. The fourth-order valence-corrected chi connectivity index (χ4v) is 1.54. The fourth-order valence-electron chi connectivity index (χ4n) is 1.33. The van der Waals surface area contributed by atoms with E-state index in [0.717, 1.165) is 5.56 Å². The van der Waals surface area contributed by atoms with Gasteiger partial charge >= 0.3 is 0 Å². The minimum atomic E-state index is -0.156. The SMILES string of the molecule is COc1nc(Cl)cc2c1C(=O)NC2. The summed E-state index contributed by atoms with van der Waals surface area (Å²) < 4.78 is 4.95. The molecule has 2 rings (SSSR count). The van der Waals surface area contributed by atoms with Gasteiger partial charge < -0.3 is 10.1 Å². The standard InChI is InChI=1S/C8H7ClN2O2/c1-13-8-6-4(2-5(9)11-8)3-10-7(6)12/h2H,3H2,1H3,(H,10,12). The number of methoxy groups -OCH3 is 1. The van der Waals surface area contributed by atoms with Crippen molar-refractivity contribution in [3.63, 3.8) is 0 Å². The minimum Gasteiger partial charge on any atom is -0.480 e. The lowest BCUT2D eigenvalue weighted by atomic mass is 10.2. The van der Waals surface area contributed by atoms with Crippen molar-refractivity contribution in [1.29, 1.82) is 0 Å². The summed E-state index contributed by atoms with van der Waals surface area (Å²) in [7, 11) is 1.46. The van der Waals surface area contributed by atoms with Crippen LogP contribution in [0.15, 0.2) is 6.07 Å². The van der Waals surface area contributed by atoms with E-state index < -0.39 is 0 Å². The zero-order valence-corrected chi connectivity index (χ0v) is 7.68. The van der Waals surface area contributed by atoms with Gasteiger partial charge in [0.1, 0.15) is 10.7 Å². The van der Waals surface area contributed by atoms with E-state index in [1.54, 1.807) is 6.07 Å². The Morgan fingerprint density at radius 1 is 1.69 bits per heavy atom. The number of hydrogen-bond acceptors (Lipinski definition) is 3. The van der Waals surface area contributed by atoms with Crippen molar-refractivity contribution in [3.05, 3.63) is 22.3 Å². The Bertz CT molecular complexity index is 379. The van der Waals surface area contributed by atoms with Gasteiger partial charge in [0.2, 0.25) is 5.88 Å². The van der Waals surface area contributed by atoms with Crippen molar-refractivity contribution in [2.24, 2.45) is 0 Å². The van der Waals surface area contributed by atoms with Crippen LogP contribution < -0.4 is 10.1 Å². The summed E-state index contributed by atoms with van der Waals surface area (Å²) in [6, 6.07) is 1.66. The van der Waals surface area contributed by atoms with Crippen molar-refractivity contribution in [2.45, 2.75) is 6.54 Å². The van der Waals surface area contributed by atoms with Gasteiger partial charge in [-0.15, -0.1) is 0 Å². The number of ether oxygens (including phenoxy) is 1. The topological polar surface area (TPSA) is 51.2 Å². The average Bonchev–Trinajstić information content (AvgIpc) is 2.46. The average molecular weight is 199 g/mol. The maximum atomic E-state index is 11.3. The second-order valence-corrected chi connectivity index (χ2v) is 3.06. The molecular formula is C8H7ClN2O2. The summed E-state index contributed by atoms with van der Waals surface area (Å²) in [5.74, 6) is 0.133. The molecule has 1 aromatic heterocycles. The van der Waals surface area contributed by atoms with Crippen LogP contribution in [0.5, 0.6) is 5.88 Å². The first-order valence-electron chi connectivity index (χ1n) is 3.74. The molecule has 0 aromatic carbocycles. The number of pyridine rings is 1. The summed E-state index contributed by atoms with van der Waals surface area (Å²) in [4.78, 5) is 15.2. The highest BCUT2D eigenvalue weighted by atomic mass is 35.5. The summed E-state index contributed by atoms with van der Waals surface area (Å²) in [5.41, 5.74) is 1.33. The molecule has 1 aliphatic heterocycles. The minimum absolute atomic E-state index is 0.156. The number of carbonyl (C=O) groups is 1. The molecule has 0 radical (unpaired) electrons. The van der Waals surface area contributed by atoms with Crippen LogP contribution in [-0.4, -0.2) is 18.0 Å². The molecule has 0 bridgehead atoms. The molecule has 2 heterocycles. The fraction of sp³-hybridized carbons (Fsp3) is 0.250. The molecule has 0 aliphatic carbocycles. The lowest BCUT2D eigenvalue weighted by Crippen LogP contribution is -2.13. The molecule has 0 spiro atoms. The maximum Gasteiger partial charge on any atom is 0.257 e. The van der Waals surface area contributed by atoms with Crippen LogP contribution in [0.4, 0.5) is 0 Å². The van der Waals surface area contributed by atoms with Gasteiger partial charge in [0.25, 0.3) is 5.91 Å². The summed E-state index contributed by atoms with van der Waals surface area (Å²) in [6.07, 6.45) is 0. The first kappa shape index (κ1) is 8.31. The Morgan fingerprint density at radius 2 is 2.46 bits per heavy atom. The van der Waals surface area contributed by atoms with Crippen molar-refractivity contribution in [3.8, 4) is 5.88 Å². The molecule has 0 saturated heterocycles. The van der Waals surface area contributed by atoms with Gasteiger partial charge in [-0.1, -0.05) is 11.6 Å². The van der Waals surface area contributed by atoms with Crippen LogP contribution in [0.1, 0.15) is 15.9 Å². The van der Waals surface area contributed by atoms with Crippen LogP contribution in [0.25, 0.3) is 0 Å². The quantitative estimate of drug-likeness (QED) is 0.685. The number of nitrogens with one attached hydrogen (secondary N) is 1. The Morgan fingerprint density at radius 3 is 3.15 bits per heavy atom. The van der Waals surface area contributed by atoms with Crippen LogP contribution in [0.3, 0.4) is 0 Å². The first-order valence-corrected chi connectivity index (χ1v) is 4.12. The molecular weight excluding hydrogens is 192 g/mol. The molecule has 4 nitrogen and oxygen atoms in total. The zero-order valence-electron chi connectivity index (χ0n) is 6.93. The van der Waals surface area contributed by atoms with E-state index in [2.05, 4.69) is 10.3 Å². The lowest BCUT2D eigenvalue weighted by molar-refractivity contribution is 0.0962. The number of rotatable bonds is 1. The highest BCUT2D eigenvalue weighted by Crippen LogP contribution is 2.26. The van der Waals surface area contributed by atoms with Crippen molar-refractivity contribution >= 4 is 17.5 Å². The highest BCUT2D eigenvalue weighted by Gasteiger charge is 2.25. The number of carbonyl (C=O) groups excluding carboxylic acids is 1. The smallest absolute Gasteiger partial charge is 0.257 e. The van der Waals surface area contributed by atoms with E-state index in [9.17, 15) is 4.79 Å². The maximum absolute atomic E-state index is 11.3. The van der Waals surface area contributed by atoms with E-state index in [1.165, 1.54) is 7.11 Å². The Kier molecular flexibility index (Phi) is 1.84. The Hall–Kier alpha value is -1.29. The number of amides is 1. The molecule has 0 saturated carbocycles. The van der Waals surface area contributed by atoms with Crippen molar-refractivity contribution < 1.29 is 9.53 Å². The van der Waals surface area contributed by atoms with E-state index in [4.69, 9.17) is 16.3 Å². The van der Waals surface area contributed by atoms with E-state index in [1.807, 2.05) is 0 Å². The predicted octanol–water partition coefficient (Wildman–Crippen LogP) is 0.987. The van der Waals surface area contributed by atoms with Gasteiger partial charge in [-0.25, -0.2) is 4.98 Å². The van der Waals surface area contributed by atoms with E-state index >= 15 is 0 Å². The normalized spacial score (nSPS) is 13.8. The monoisotopic (exact) mass is 198 g/mol. The van der Waals surface area contributed by atoms with Crippen LogP contribution >= 0.6 is 11.6 Å². The highest BCUT2D eigenvalue weighted by molar-refractivity contribution is 6.29. The summed E-state index contributed by atoms with van der Waals surface area (Å²) in [5, 5.41) is 3.01. The second-order valence-electron chi connectivity index (χ2n) is 2.67. The molecule has 5 heteroatoms. The second kappa shape index (κ2) is 2.88. The number of fused-ring (bicyclic) bond motifs is 1. The van der Waals surface area contributed by atoms with E-state index in [-0.39, 0.29) is 11.8 Å². The predicted molar refractivity (Wildman–Crippen MR) is 47.0 cm³/mol. The Balaban J connectivity index is 2.64. The zero-order chi connectivity index (χ0) is 9.42. The number of nitrogens with zero attached hydrogens (tertiary/aromatic N) is 1. The molecule has 1 amide bonds. The van der Waals surface area contributed by atoms with Crippen molar-refractivity contribution in [1.82, 2.24) is 10.3 Å². The van der Waals surface area contributed by atoms with Gasteiger partial charge in [-0.3, -0.25) is 4.79 Å². The van der Waals surface area contributed by atoms with Gasteiger partial charge in [-0.2, -0.15) is 0 Å². The van der Waals surface area contributed by atoms with Gasteiger partial charge in [0.15, 0.2) is 0 Å². The van der Waals surface area contributed by atoms with Gasteiger partial charge in [-0.05, 0) is 11.6 Å². The van der Waals surface area contributed by atoms with Crippen LogP contribution in [0.2, 0.25) is 5.15 Å². The van der Waals surface area contributed by atoms with Gasteiger partial charge in [0.05, 0.1) is 7.11 Å². The lowest BCUT2D eigenvalue weighted by Gasteiger charge is -2.03. The molecule has 68 valence electrons. The number of aromatic nitrogens is 1. The van der Waals surface area contributed by atoms with Crippen LogP contribution in [-0.2, 0) is 6.54 Å². The molecule has 0 atom stereocenters. The molecule has 1 N–H and O–H groups in total. The number of halogens is 1. The summed E-state index contributed by atoms with van der Waals surface area (Å²) in [6.45, 7) is 0.493. The molecule has 1 aliphatic rings. The third-order valence-electron chi connectivity index (χ3n) is 1.90. The third kappa shape index (κ3) is 1.23. The molecule has 0 fully saturated rings. The molecule has 1 aromatic rings. The summed E-state index contributed by atoms with van der Waals surface area (Å²) >= 11 is 5.72. The molecule has 13 heavy (non-hydrogen) atoms. The van der Waals surface area contributed by atoms with E-state index in [0.29, 0.717) is 17.3 Å².